The van der Waals surface area contributed by atoms with Gasteiger partial charge < -0.3 is 0 Å². The van der Waals surface area contributed by atoms with Crippen molar-refractivity contribution < 1.29 is 5.64 Å². The van der Waals surface area contributed by atoms with E-state index in [1.165, 1.54) is 12.4 Å². The van der Waals surface area contributed by atoms with Crippen LogP contribution < -0.4 is 17.1 Å². The molecule has 0 fully saturated rings. The zero-order valence-corrected chi connectivity index (χ0v) is 27.6. The Morgan fingerprint density at radius 3 is 1.47 bits per heavy atom. The number of aromatic nitrogens is 9. The van der Waals surface area contributed by atoms with E-state index >= 15 is 0 Å². The molecule has 23 heteroatoms. The number of hydrogen-bond acceptors (Lipinski definition) is 12. The number of halogens is 7. The molecule has 4 heterocycles. The molecule has 15 nitrogen and oxygen atoms in total. The third kappa shape index (κ3) is 14.0. The summed E-state index contributed by atoms with van der Waals surface area (Å²) < 4.78 is 15.1. The standard InChI is InChI=1S/C7H7ClN4OS.C5H4Cl2N2.C5H5ClN2.C3Cl3N3O3.H2/c1-14(13,10-5-9)4-6-2-3-7(8)12-11-6;6-3-4-1-2-5(7)9-8-4;1-4-2-3-5(6)8-7-4;4-7-1(10)8(5)3(12)9(6)2(7)11;/h2-3H,4H2,1H3;1-2H,3H2;2-3H,1H3;;1H/i;;;;1+1. The zero-order valence-electron chi connectivity index (χ0n) is 21.5. The first-order valence-electron chi connectivity index (χ1n) is 10.7. The SMILES string of the molecule is CS(=O)(Cc1ccc(Cl)nn1)=NC#N.Cc1ccc(Cl)nn1.ClCc1ccc(Cl)nn1.O=c1n(Cl)c(=O)n(Cl)c(=O)n1Cl.[2HH]. The largest absolute Gasteiger partial charge is 0.366 e. The number of hydrogen-bond donors (Lipinski definition) is 0. The Hall–Kier alpha value is -2.88. The molecule has 0 aliphatic heterocycles. The highest BCUT2D eigenvalue weighted by Gasteiger charge is 2.10. The van der Waals surface area contributed by atoms with Crippen LogP contribution in [0.15, 0.2) is 55.1 Å². The Kier molecular flexibility index (Phi) is 16.6. The van der Waals surface area contributed by atoms with Crippen molar-refractivity contribution in [1.29, 1.82) is 5.26 Å². The molecule has 0 radical (unpaired) electrons. The van der Waals surface area contributed by atoms with Crippen LogP contribution in [0.25, 0.3) is 0 Å². The van der Waals surface area contributed by atoms with Gasteiger partial charge in [-0.15, -0.1) is 43.5 Å². The Bertz CT molecular complexity index is 1720. The first-order valence-corrected chi connectivity index (χ1v) is 15.4. The van der Waals surface area contributed by atoms with Crippen LogP contribution in [0.3, 0.4) is 0 Å². The third-order valence-corrected chi connectivity index (χ3v) is 6.98. The molecule has 0 saturated carbocycles. The maximum atomic E-state index is 11.6. The molecular weight excluding hydrogens is 739 g/mol. The predicted octanol–water partition coefficient (Wildman–Crippen LogP) is 3.94. The molecule has 0 amide bonds. The van der Waals surface area contributed by atoms with Gasteiger partial charge in [0.05, 0.1) is 38.4 Å². The second-order valence-corrected chi connectivity index (χ2v) is 12.1. The fraction of sp³-hybridized carbons (Fsp3) is 0.200. The minimum absolute atomic E-state index is 0. The summed E-state index contributed by atoms with van der Waals surface area (Å²) in [7, 11) is -2.53. The lowest BCUT2D eigenvalue weighted by molar-refractivity contribution is 0.679. The van der Waals surface area contributed by atoms with Crippen LogP contribution in [0.5, 0.6) is 0 Å². The van der Waals surface area contributed by atoms with Crippen LogP contribution in [-0.4, -0.2) is 53.3 Å². The summed E-state index contributed by atoms with van der Waals surface area (Å²) in [5.41, 5.74) is -1.36. The van der Waals surface area contributed by atoms with Gasteiger partial charge >= 0.3 is 17.1 Å². The van der Waals surface area contributed by atoms with Crippen molar-refractivity contribution in [2.75, 3.05) is 6.26 Å². The predicted molar refractivity (Wildman–Crippen MR) is 166 cm³/mol. The third-order valence-electron chi connectivity index (χ3n) is 3.93. The summed E-state index contributed by atoms with van der Waals surface area (Å²) in [4.78, 5) is 32.3. The van der Waals surface area contributed by atoms with Crippen LogP contribution in [0, 0.1) is 18.4 Å². The zero-order chi connectivity index (χ0) is 32.7. The molecule has 0 N–H and O–H groups in total. The molecule has 4 aromatic rings. The summed E-state index contributed by atoms with van der Waals surface area (Å²) in [6, 6.07) is 10.1. The van der Waals surface area contributed by atoms with E-state index in [1.807, 2.05) is 13.0 Å². The van der Waals surface area contributed by atoms with E-state index in [9.17, 15) is 18.6 Å². The monoisotopic (exact) mass is 754 g/mol. The van der Waals surface area contributed by atoms with Gasteiger partial charge in [-0.2, -0.15) is 20.6 Å². The topological polar surface area (TPSA) is 197 Å². The van der Waals surface area contributed by atoms with Crippen molar-refractivity contribution in [2.24, 2.45) is 4.36 Å². The molecule has 1 unspecified atom stereocenters. The highest BCUT2D eigenvalue weighted by Crippen LogP contribution is 2.06. The molecule has 4 aromatic heterocycles. The number of nitriles is 1. The van der Waals surface area contributed by atoms with Crippen LogP contribution in [-0.2, 0) is 21.4 Å². The fourth-order valence-corrected chi connectivity index (χ4v) is 4.04. The highest BCUT2D eigenvalue weighted by atomic mass is 35.5. The summed E-state index contributed by atoms with van der Waals surface area (Å²) in [5.74, 6) is 0.481. The molecule has 4 rings (SSSR count). The Balaban J connectivity index is 0.000000568. The van der Waals surface area contributed by atoms with E-state index in [-0.39, 0.29) is 24.6 Å². The average Bonchev–Trinajstić information content (AvgIpc) is 2.98. The molecule has 0 saturated heterocycles. The lowest BCUT2D eigenvalue weighted by Gasteiger charge is -1.99. The van der Waals surface area contributed by atoms with Gasteiger partial charge in [-0.05, 0) is 43.3 Å². The molecule has 232 valence electrons. The van der Waals surface area contributed by atoms with Crippen molar-refractivity contribution in [3.63, 3.8) is 0 Å². The lowest BCUT2D eigenvalue weighted by atomic mass is 10.4. The number of nitrogens with zero attached hydrogens (tertiary/aromatic N) is 11. The normalized spacial score (nSPS) is 11.2. The Morgan fingerprint density at radius 2 is 1.16 bits per heavy atom. The second kappa shape index (κ2) is 18.7. The van der Waals surface area contributed by atoms with Gasteiger partial charge in [0.25, 0.3) is 0 Å². The summed E-state index contributed by atoms with van der Waals surface area (Å²) in [6.07, 6.45) is 2.91. The first kappa shape index (κ1) is 38.1. The smallest absolute Gasteiger partial charge is 0.249 e. The summed E-state index contributed by atoms with van der Waals surface area (Å²) in [6.45, 7) is 1.86. The second-order valence-electron chi connectivity index (χ2n) is 7.31. The summed E-state index contributed by atoms with van der Waals surface area (Å²) in [5, 5.41) is 31.2. The van der Waals surface area contributed by atoms with Crippen molar-refractivity contribution in [1.82, 2.24) is 42.9 Å². The Labute approximate surface area is 279 Å². The van der Waals surface area contributed by atoms with E-state index in [1.54, 1.807) is 30.3 Å². The maximum absolute atomic E-state index is 11.6. The fourth-order valence-electron chi connectivity index (χ4n) is 2.09. The highest BCUT2D eigenvalue weighted by molar-refractivity contribution is 7.92. The van der Waals surface area contributed by atoms with E-state index in [2.05, 4.69) is 35.0 Å². The van der Waals surface area contributed by atoms with E-state index in [4.69, 9.17) is 87.0 Å². The van der Waals surface area contributed by atoms with Gasteiger partial charge in [0.1, 0.15) is 0 Å². The van der Waals surface area contributed by atoms with Gasteiger partial charge in [0.15, 0.2) is 15.5 Å². The molecule has 0 aromatic carbocycles. The molecule has 43 heavy (non-hydrogen) atoms. The maximum Gasteiger partial charge on any atom is 0.366 e. The molecule has 0 bridgehead atoms. The molecular formula is C20H18Cl7N11O4S. The molecule has 0 aliphatic rings. The van der Waals surface area contributed by atoms with Crippen LogP contribution in [0.2, 0.25) is 15.5 Å². The van der Waals surface area contributed by atoms with Crippen molar-refractivity contribution in [2.45, 2.75) is 18.6 Å². The molecule has 1 atom stereocenters. The van der Waals surface area contributed by atoms with Crippen LogP contribution >= 0.6 is 81.7 Å². The van der Waals surface area contributed by atoms with E-state index in [0.29, 0.717) is 21.9 Å². The minimum atomic E-state index is -2.53. The first-order chi connectivity index (χ1) is 20.1. The quantitative estimate of drug-likeness (QED) is 0.217. The number of aryl methyl sites for hydroxylation is 1. The van der Waals surface area contributed by atoms with Crippen molar-refractivity contribution in [3.05, 3.63) is 100 Å². The van der Waals surface area contributed by atoms with Crippen molar-refractivity contribution >= 4 is 91.5 Å². The number of alkyl halides is 1. The molecule has 0 aliphatic carbocycles. The van der Waals surface area contributed by atoms with Gasteiger partial charge in [0, 0.05) is 43.0 Å². The van der Waals surface area contributed by atoms with Gasteiger partial charge in [-0.1, -0.05) is 34.8 Å². The van der Waals surface area contributed by atoms with Gasteiger partial charge in [-0.25, -0.2) is 18.6 Å². The molecule has 0 spiro atoms. The van der Waals surface area contributed by atoms with E-state index in [0.717, 1.165) is 11.4 Å². The van der Waals surface area contributed by atoms with Gasteiger partial charge in [0.2, 0.25) is 6.19 Å². The van der Waals surface area contributed by atoms with Crippen LogP contribution in [0.1, 0.15) is 18.5 Å². The van der Waals surface area contributed by atoms with Crippen LogP contribution in [0.4, 0.5) is 0 Å². The Morgan fingerprint density at radius 1 is 0.767 bits per heavy atom. The summed E-state index contributed by atoms with van der Waals surface area (Å²) >= 11 is 37.2. The minimum Gasteiger partial charge on any atom is -0.249 e. The number of rotatable bonds is 3. The lowest BCUT2D eigenvalue weighted by Crippen LogP contribution is -2.47. The van der Waals surface area contributed by atoms with Gasteiger partial charge in [-0.3, -0.25) is 0 Å². The average molecular weight is 758 g/mol. The van der Waals surface area contributed by atoms with E-state index < -0.39 is 26.8 Å². The van der Waals surface area contributed by atoms with Crippen molar-refractivity contribution in [3.8, 4) is 6.19 Å².